The lowest BCUT2D eigenvalue weighted by Gasteiger charge is -2.23. The maximum atomic E-state index is 12.3. The first-order valence-electron chi connectivity index (χ1n) is 6.64. The average Bonchev–Trinajstić information content (AvgIpc) is 3.00. The predicted molar refractivity (Wildman–Crippen MR) is 83.7 cm³/mol. The number of carbonyl (C=O) groups excluding carboxylic acids is 1. The molecule has 0 radical (unpaired) electrons. The van der Waals surface area contributed by atoms with Crippen molar-refractivity contribution < 1.29 is 4.79 Å². The van der Waals surface area contributed by atoms with E-state index in [2.05, 4.69) is 5.32 Å². The van der Waals surface area contributed by atoms with Crippen LogP contribution in [-0.4, -0.2) is 12.5 Å². The molecule has 2 rings (SSSR count). The summed E-state index contributed by atoms with van der Waals surface area (Å²) in [6.45, 7) is 4.31. The van der Waals surface area contributed by atoms with Crippen LogP contribution in [0.15, 0.2) is 47.8 Å². The molecule has 0 aliphatic carbocycles. The van der Waals surface area contributed by atoms with Gasteiger partial charge in [0.05, 0.1) is 5.41 Å². The third-order valence-corrected chi connectivity index (χ3v) is 4.61. The van der Waals surface area contributed by atoms with Gasteiger partial charge < -0.3 is 11.1 Å². The van der Waals surface area contributed by atoms with E-state index in [1.165, 1.54) is 0 Å². The molecule has 20 heavy (non-hydrogen) atoms. The number of benzene rings is 1. The van der Waals surface area contributed by atoms with Crippen molar-refractivity contribution in [3.8, 4) is 0 Å². The predicted octanol–water partition coefficient (Wildman–Crippen LogP) is 2.84. The highest BCUT2D eigenvalue weighted by Gasteiger charge is 2.30. The Balaban J connectivity index is 1.96. The number of amides is 1. The number of nitrogens with one attached hydrogen (secondary N) is 1. The summed E-state index contributed by atoms with van der Waals surface area (Å²) in [5.74, 6) is 0.00586. The standard InChI is InChI=1S/C16H20N2OS/c1-16(2,14-9-6-10-20-14)15(19)18-11-13(17)12-7-4-3-5-8-12/h3-10,13H,11,17H2,1-2H3,(H,18,19). The maximum absolute atomic E-state index is 12.3. The highest BCUT2D eigenvalue weighted by Crippen LogP contribution is 2.27. The third-order valence-electron chi connectivity index (χ3n) is 3.42. The second-order valence-electron chi connectivity index (χ2n) is 5.33. The van der Waals surface area contributed by atoms with Gasteiger partial charge in [0.1, 0.15) is 0 Å². The summed E-state index contributed by atoms with van der Waals surface area (Å²) >= 11 is 1.60. The van der Waals surface area contributed by atoms with Crippen LogP contribution < -0.4 is 11.1 Å². The lowest BCUT2D eigenvalue weighted by atomic mass is 9.90. The van der Waals surface area contributed by atoms with Gasteiger partial charge in [0.2, 0.25) is 5.91 Å². The first-order valence-corrected chi connectivity index (χ1v) is 7.52. The summed E-state index contributed by atoms with van der Waals surface area (Å²) in [5, 5.41) is 4.94. The Labute approximate surface area is 123 Å². The fraction of sp³-hybridized carbons (Fsp3) is 0.312. The highest BCUT2D eigenvalue weighted by atomic mass is 32.1. The van der Waals surface area contributed by atoms with Crippen molar-refractivity contribution in [3.05, 3.63) is 58.3 Å². The topological polar surface area (TPSA) is 55.1 Å². The van der Waals surface area contributed by atoms with Gasteiger partial charge in [-0.05, 0) is 30.9 Å². The van der Waals surface area contributed by atoms with Crippen LogP contribution in [0, 0.1) is 0 Å². The van der Waals surface area contributed by atoms with Crippen LogP contribution in [-0.2, 0) is 10.2 Å². The zero-order chi connectivity index (χ0) is 14.6. The fourth-order valence-corrected chi connectivity index (χ4v) is 2.84. The lowest BCUT2D eigenvalue weighted by molar-refractivity contribution is -0.125. The van der Waals surface area contributed by atoms with Crippen molar-refractivity contribution in [2.75, 3.05) is 6.54 Å². The molecule has 0 aliphatic heterocycles. The van der Waals surface area contributed by atoms with E-state index in [-0.39, 0.29) is 11.9 Å². The van der Waals surface area contributed by atoms with Crippen molar-refractivity contribution in [3.63, 3.8) is 0 Å². The van der Waals surface area contributed by atoms with Gasteiger partial charge in [-0.15, -0.1) is 11.3 Å². The SMILES string of the molecule is CC(C)(C(=O)NCC(N)c1ccccc1)c1cccs1. The van der Waals surface area contributed by atoms with Crippen molar-refractivity contribution in [2.24, 2.45) is 5.73 Å². The second kappa shape index (κ2) is 6.20. The highest BCUT2D eigenvalue weighted by molar-refractivity contribution is 7.10. The van der Waals surface area contributed by atoms with Crippen LogP contribution in [0.4, 0.5) is 0 Å². The molecule has 0 bridgehead atoms. The lowest BCUT2D eigenvalue weighted by Crippen LogP contribution is -2.42. The summed E-state index contributed by atoms with van der Waals surface area (Å²) in [6.07, 6.45) is 0. The van der Waals surface area contributed by atoms with E-state index in [9.17, 15) is 4.79 Å². The Hall–Kier alpha value is -1.65. The number of thiophene rings is 1. The number of hydrogen-bond acceptors (Lipinski definition) is 3. The molecule has 0 fully saturated rings. The van der Waals surface area contributed by atoms with E-state index in [1.54, 1.807) is 11.3 Å². The molecule has 1 aromatic carbocycles. The summed E-state index contributed by atoms with van der Waals surface area (Å²) in [4.78, 5) is 13.4. The first kappa shape index (κ1) is 14.8. The molecular weight excluding hydrogens is 268 g/mol. The molecule has 0 saturated carbocycles. The van der Waals surface area contributed by atoms with Crippen LogP contribution in [0.2, 0.25) is 0 Å². The van der Waals surface area contributed by atoms with E-state index in [4.69, 9.17) is 5.73 Å². The van der Waals surface area contributed by atoms with Crippen molar-refractivity contribution in [2.45, 2.75) is 25.3 Å². The molecular formula is C16H20N2OS. The van der Waals surface area contributed by atoms with Gasteiger partial charge in [-0.3, -0.25) is 4.79 Å². The summed E-state index contributed by atoms with van der Waals surface area (Å²) in [5.41, 5.74) is 6.60. The van der Waals surface area contributed by atoms with Gasteiger partial charge >= 0.3 is 0 Å². The number of nitrogens with two attached hydrogens (primary N) is 1. The van der Waals surface area contributed by atoms with Crippen molar-refractivity contribution in [1.29, 1.82) is 0 Å². The van der Waals surface area contributed by atoms with Crippen LogP contribution in [0.3, 0.4) is 0 Å². The van der Waals surface area contributed by atoms with E-state index < -0.39 is 5.41 Å². The van der Waals surface area contributed by atoms with E-state index >= 15 is 0 Å². The molecule has 0 aliphatic rings. The van der Waals surface area contributed by atoms with Crippen molar-refractivity contribution in [1.82, 2.24) is 5.32 Å². The van der Waals surface area contributed by atoms with Crippen LogP contribution in [0.25, 0.3) is 0 Å². The van der Waals surface area contributed by atoms with Gasteiger partial charge in [-0.2, -0.15) is 0 Å². The molecule has 0 saturated heterocycles. The van der Waals surface area contributed by atoms with Crippen LogP contribution in [0.5, 0.6) is 0 Å². The minimum atomic E-state index is -0.523. The smallest absolute Gasteiger partial charge is 0.230 e. The zero-order valence-electron chi connectivity index (χ0n) is 11.8. The Kier molecular flexibility index (Phi) is 4.57. The minimum Gasteiger partial charge on any atom is -0.353 e. The number of rotatable bonds is 5. The van der Waals surface area contributed by atoms with Gasteiger partial charge in [-0.1, -0.05) is 36.4 Å². The van der Waals surface area contributed by atoms with Crippen LogP contribution in [0.1, 0.15) is 30.3 Å². The number of carbonyl (C=O) groups is 1. The van der Waals surface area contributed by atoms with Gasteiger partial charge in [0.25, 0.3) is 0 Å². The molecule has 1 atom stereocenters. The molecule has 1 aromatic heterocycles. The van der Waals surface area contributed by atoms with Gasteiger partial charge in [-0.25, -0.2) is 0 Å². The molecule has 1 amide bonds. The molecule has 0 spiro atoms. The van der Waals surface area contributed by atoms with Crippen molar-refractivity contribution >= 4 is 17.2 Å². The Morgan fingerprint density at radius 1 is 1.25 bits per heavy atom. The normalized spacial score (nSPS) is 12.9. The Morgan fingerprint density at radius 2 is 1.95 bits per heavy atom. The Morgan fingerprint density at radius 3 is 2.55 bits per heavy atom. The van der Waals surface area contributed by atoms with E-state index in [0.29, 0.717) is 6.54 Å². The van der Waals surface area contributed by atoms with Gasteiger partial charge in [0, 0.05) is 17.5 Å². The quantitative estimate of drug-likeness (QED) is 0.889. The molecule has 2 aromatic rings. The third kappa shape index (κ3) is 3.26. The first-order chi connectivity index (χ1) is 9.51. The molecule has 1 unspecified atom stereocenters. The maximum Gasteiger partial charge on any atom is 0.230 e. The second-order valence-corrected chi connectivity index (χ2v) is 6.28. The number of hydrogen-bond donors (Lipinski definition) is 2. The molecule has 3 N–H and O–H groups in total. The van der Waals surface area contributed by atoms with Gasteiger partial charge in [0.15, 0.2) is 0 Å². The Bertz CT molecular complexity index is 549. The summed E-state index contributed by atoms with van der Waals surface area (Å²) in [6, 6.07) is 13.6. The fourth-order valence-electron chi connectivity index (χ4n) is 1.99. The zero-order valence-corrected chi connectivity index (χ0v) is 12.6. The van der Waals surface area contributed by atoms with E-state index in [0.717, 1.165) is 10.4 Å². The van der Waals surface area contributed by atoms with Crippen LogP contribution >= 0.6 is 11.3 Å². The molecule has 3 nitrogen and oxygen atoms in total. The van der Waals surface area contributed by atoms with E-state index in [1.807, 2.05) is 61.7 Å². The monoisotopic (exact) mass is 288 g/mol. The summed E-state index contributed by atoms with van der Waals surface area (Å²) in [7, 11) is 0. The largest absolute Gasteiger partial charge is 0.353 e. The minimum absolute atomic E-state index is 0.00586. The average molecular weight is 288 g/mol. The summed E-state index contributed by atoms with van der Waals surface area (Å²) < 4.78 is 0. The molecule has 1 heterocycles. The molecule has 106 valence electrons. The molecule has 4 heteroatoms.